The highest BCUT2D eigenvalue weighted by Crippen LogP contribution is 2.14. The maximum absolute atomic E-state index is 12.1. The summed E-state index contributed by atoms with van der Waals surface area (Å²) in [5, 5.41) is 14.5. The van der Waals surface area contributed by atoms with Gasteiger partial charge in [0, 0.05) is 13.1 Å². The van der Waals surface area contributed by atoms with Gasteiger partial charge in [-0.15, -0.1) is 0 Å². The Morgan fingerprint density at radius 1 is 1.52 bits per heavy atom. The first kappa shape index (κ1) is 15.0. The predicted octanol–water partition coefficient (Wildman–Crippen LogP) is 0.707. The van der Waals surface area contributed by atoms with Crippen molar-refractivity contribution in [1.82, 2.24) is 10.2 Å². The molecular formula is C15H18N4O2. The van der Waals surface area contributed by atoms with Gasteiger partial charge in [-0.2, -0.15) is 5.26 Å². The number of hydrogen-bond donors (Lipinski definition) is 2. The molecule has 1 aliphatic heterocycles. The summed E-state index contributed by atoms with van der Waals surface area (Å²) in [5.41, 5.74) is 0.925. The number of piperazine rings is 1. The van der Waals surface area contributed by atoms with Crippen molar-refractivity contribution < 1.29 is 9.59 Å². The number of rotatable bonds is 4. The van der Waals surface area contributed by atoms with E-state index in [2.05, 4.69) is 10.6 Å². The van der Waals surface area contributed by atoms with Gasteiger partial charge in [0.2, 0.25) is 11.8 Å². The summed E-state index contributed by atoms with van der Waals surface area (Å²) < 4.78 is 0. The lowest BCUT2D eigenvalue weighted by molar-refractivity contribution is -0.130. The molecule has 1 fully saturated rings. The number of carbonyl (C=O) groups is 2. The molecule has 1 heterocycles. The number of hydrogen-bond acceptors (Lipinski definition) is 4. The maximum Gasteiger partial charge on any atom is 0.238 e. The highest BCUT2D eigenvalue weighted by atomic mass is 16.2. The minimum Gasteiger partial charge on any atom is -0.353 e. The molecule has 0 radical (unpaired) electrons. The molecule has 21 heavy (non-hydrogen) atoms. The van der Waals surface area contributed by atoms with E-state index in [1.165, 1.54) is 0 Å². The standard InChI is InChI=1S/C15H18N4O2/c1-2-13-15(21)17-7-8-19(13)10-14(20)18-12-6-4-3-5-11(12)9-16/h3-6,13H,2,7-8,10H2,1H3,(H,17,21)(H,18,20). The molecule has 0 aromatic heterocycles. The van der Waals surface area contributed by atoms with Crippen molar-refractivity contribution in [1.29, 1.82) is 5.26 Å². The average molecular weight is 286 g/mol. The molecule has 6 heteroatoms. The van der Waals surface area contributed by atoms with Crippen LogP contribution in [0.15, 0.2) is 24.3 Å². The summed E-state index contributed by atoms with van der Waals surface area (Å²) in [6.45, 7) is 3.27. The third kappa shape index (κ3) is 3.58. The average Bonchev–Trinajstić information content (AvgIpc) is 2.48. The zero-order valence-corrected chi connectivity index (χ0v) is 11.9. The van der Waals surface area contributed by atoms with Crippen LogP contribution in [0, 0.1) is 11.3 Å². The predicted molar refractivity (Wildman–Crippen MR) is 78.4 cm³/mol. The van der Waals surface area contributed by atoms with E-state index in [0.29, 0.717) is 30.8 Å². The first-order valence-corrected chi connectivity index (χ1v) is 6.96. The summed E-state index contributed by atoms with van der Waals surface area (Å²) in [6, 6.07) is 8.62. The lowest BCUT2D eigenvalue weighted by Gasteiger charge is -2.33. The molecule has 1 aromatic carbocycles. The Morgan fingerprint density at radius 2 is 2.29 bits per heavy atom. The molecule has 2 rings (SSSR count). The van der Waals surface area contributed by atoms with E-state index in [4.69, 9.17) is 5.26 Å². The Kier molecular flexibility index (Phi) is 4.90. The number of nitriles is 1. The van der Waals surface area contributed by atoms with Gasteiger partial charge in [0.15, 0.2) is 0 Å². The van der Waals surface area contributed by atoms with Crippen molar-refractivity contribution in [3.8, 4) is 6.07 Å². The van der Waals surface area contributed by atoms with Gasteiger partial charge < -0.3 is 10.6 Å². The minimum absolute atomic E-state index is 0.0334. The molecule has 1 unspecified atom stereocenters. The lowest BCUT2D eigenvalue weighted by atomic mass is 10.1. The third-order valence-corrected chi connectivity index (χ3v) is 3.50. The highest BCUT2D eigenvalue weighted by molar-refractivity contribution is 5.94. The molecule has 110 valence electrons. The highest BCUT2D eigenvalue weighted by Gasteiger charge is 2.29. The summed E-state index contributed by atoms with van der Waals surface area (Å²) in [4.78, 5) is 25.7. The van der Waals surface area contributed by atoms with Gasteiger partial charge in [-0.25, -0.2) is 0 Å². The van der Waals surface area contributed by atoms with Crippen molar-refractivity contribution >= 4 is 17.5 Å². The van der Waals surface area contributed by atoms with Crippen LogP contribution in [-0.4, -0.2) is 42.4 Å². The first-order chi connectivity index (χ1) is 10.2. The Hall–Kier alpha value is -2.39. The second-order valence-electron chi connectivity index (χ2n) is 4.89. The van der Waals surface area contributed by atoms with Crippen molar-refractivity contribution in [2.75, 3.05) is 25.0 Å². The molecule has 1 saturated heterocycles. The lowest BCUT2D eigenvalue weighted by Crippen LogP contribution is -2.56. The monoisotopic (exact) mass is 286 g/mol. The number of anilines is 1. The Balaban J connectivity index is 2.01. The zero-order chi connectivity index (χ0) is 15.2. The minimum atomic E-state index is -0.268. The molecule has 0 spiro atoms. The summed E-state index contributed by atoms with van der Waals surface area (Å²) >= 11 is 0. The van der Waals surface area contributed by atoms with Crippen LogP contribution in [0.5, 0.6) is 0 Å². The topological polar surface area (TPSA) is 85.2 Å². The Bertz CT molecular complexity index is 579. The molecular weight excluding hydrogens is 268 g/mol. The quantitative estimate of drug-likeness (QED) is 0.853. The molecule has 0 aliphatic carbocycles. The molecule has 1 aromatic rings. The van der Waals surface area contributed by atoms with E-state index < -0.39 is 0 Å². The second kappa shape index (κ2) is 6.86. The zero-order valence-electron chi connectivity index (χ0n) is 11.9. The van der Waals surface area contributed by atoms with E-state index in [0.717, 1.165) is 0 Å². The molecule has 0 bridgehead atoms. The number of carbonyl (C=O) groups excluding carboxylic acids is 2. The fourth-order valence-corrected chi connectivity index (χ4v) is 2.46. The van der Waals surface area contributed by atoms with E-state index in [1.54, 1.807) is 24.3 Å². The van der Waals surface area contributed by atoms with Gasteiger partial charge in [0.25, 0.3) is 0 Å². The molecule has 2 N–H and O–H groups in total. The largest absolute Gasteiger partial charge is 0.353 e. The molecule has 1 aliphatic rings. The molecule has 6 nitrogen and oxygen atoms in total. The van der Waals surface area contributed by atoms with Crippen LogP contribution in [0.1, 0.15) is 18.9 Å². The summed E-state index contributed by atoms with van der Waals surface area (Å²) in [6.07, 6.45) is 0.661. The van der Waals surface area contributed by atoms with E-state index in [9.17, 15) is 9.59 Å². The first-order valence-electron chi connectivity index (χ1n) is 6.96. The van der Waals surface area contributed by atoms with E-state index >= 15 is 0 Å². The van der Waals surface area contributed by atoms with Gasteiger partial charge in [-0.1, -0.05) is 19.1 Å². The van der Waals surface area contributed by atoms with Crippen molar-refractivity contribution in [2.45, 2.75) is 19.4 Å². The smallest absolute Gasteiger partial charge is 0.238 e. The Labute approximate surface area is 123 Å². The van der Waals surface area contributed by atoms with Crippen LogP contribution in [0.4, 0.5) is 5.69 Å². The van der Waals surface area contributed by atoms with Crippen molar-refractivity contribution in [3.63, 3.8) is 0 Å². The SMILES string of the molecule is CCC1C(=O)NCCN1CC(=O)Nc1ccccc1C#N. The fraction of sp³-hybridized carbons (Fsp3) is 0.400. The van der Waals surface area contributed by atoms with Crippen LogP contribution in [-0.2, 0) is 9.59 Å². The van der Waals surface area contributed by atoms with Crippen molar-refractivity contribution in [3.05, 3.63) is 29.8 Å². The van der Waals surface area contributed by atoms with E-state index in [-0.39, 0.29) is 24.4 Å². The second-order valence-corrected chi connectivity index (χ2v) is 4.89. The van der Waals surface area contributed by atoms with Crippen molar-refractivity contribution in [2.24, 2.45) is 0 Å². The molecule has 0 saturated carbocycles. The summed E-state index contributed by atoms with van der Waals surface area (Å²) in [5.74, 6) is -0.250. The number of benzene rings is 1. The number of nitrogens with one attached hydrogen (secondary N) is 2. The molecule has 2 amide bonds. The fourth-order valence-electron chi connectivity index (χ4n) is 2.46. The van der Waals surface area contributed by atoms with Gasteiger partial charge in [0.1, 0.15) is 6.07 Å². The maximum atomic E-state index is 12.1. The van der Waals surface area contributed by atoms with Crippen LogP contribution in [0.25, 0.3) is 0 Å². The number of amides is 2. The van der Waals surface area contributed by atoms with Gasteiger partial charge >= 0.3 is 0 Å². The Morgan fingerprint density at radius 3 is 3.00 bits per heavy atom. The van der Waals surface area contributed by atoms with Crippen LogP contribution in [0.2, 0.25) is 0 Å². The number of para-hydroxylation sites is 1. The van der Waals surface area contributed by atoms with Crippen LogP contribution >= 0.6 is 0 Å². The van der Waals surface area contributed by atoms with Gasteiger partial charge in [-0.3, -0.25) is 14.5 Å². The van der Waals surface area contributed by atoms with E-state index in [1.807, 2.05) is 17.9 Å². The van der Waals surface area contributed by atoms with Crippen LogP contribution < -0.4 is 10.6 Å². The summed E-state index contributed by atoms with van der Waals surface area (Å²) in [7, 11) is 0. The van der Waals surface area contributed by atoms with Gasteiger partial charge in [0.05, 0.1) is 23.8 Å². The van der Waals surface area contributed by atoms with Crippen LogP contribution in [0.3, 0.4) is 0 Å². The number of nitrogens with zero attached hydrogens (tertiary/aromatic N) is 2. The normalized spacial score (nSPS) is 18.7. The molecule has 1 atom stereocenters. The van der Waals surface area contributed by atoms with Gasteiger partial charge in [-0.05, 0) is 18.6 Å². The third-order valence-electron chi connectivity index (χ3n) is 3.50.